The Morgan fingerprint density at radius 2 is 1.87 bits per heavy atom. The van der Waals surface area contributed by atoms with E-state index in [0.717, 1.165) is 11.4 Å². The normalized spacial score (nSPS) is 17.3. The summed E-state index contributed by atoms with van der Waals surface area (Å²) < 4.78 is 14.0. The molecule has 2 amide bonds. The number of rotatable bonds is 10. The molecule has 38 heavy (non-hydrogen) atoms. The predicted octanol–water partition coefficient (Wildman–Crippen LogP) is 3.66. The minimum absolute atomic E-state index is 0.0261. The largest absolute Gasteiger partial charge is 0.490 e. The molecule has 0 spiro atoms. The van der Waals surface area contributed by atoms with Crippen molar-refractivity contribution in [2.24, 2.45) is 0 Å². The molecule has 0 saturated carbocycles. The molecule has 2 heterocycles. The average molecular weight is 540 g/mol. The van der Waals surface area contributed by atoms with Gasteiger partial charge in [0.05, 0.1) is 26.1 Å². The zero-order valence-corrected chi connectivity index (χ0v) is 22.9. The van der Waals surface area contributed by atoms with Gasteiger partial charge in [-0.3, -0.25) is 9.59 Å². The highest BCUT2D eigenvalue weighted by atomic mass is 35.5. The lowest BCUT2D eigenvalue weighted by molar-refractivity contribution is -0.165. The number of hydrogen-bond donors (Lipinski definition) is 0. The molecule has 202 valence electrons. The number of aromatic nitrogens is 3. The number of aryl methyl sites for hydroxylation is 3. The Morgan fingerprint density at radius 3 is 2.55 bits per heavy atom. The van der Waals surface area contributed by atoms with Crippen molar-refractivity contribution < 1.29 is 19.1 Å². The Balaban J connectivity index is 1.46. The quantitative estimate of drug-likeness (QED) is 0.390. The molecule has 1 atom stereocenters. The Hall–Kier alpha value is -3.43. The van der Waals surface area contributed by atoms with E-state index in [0.29, 0.717) is 42.8 Å². The number of ether oxygens (including phenoxy) is 2. The first-order valence-corrected chi connectivity index (χ1v) is 13.1. The molecule has 0 N–H and O–H groups in total. The molecule has 10 heteroatoms. The van der Waals surface area contributed by atoms with Crippen molar-refractivity contribution >= 4 is 23.4 Å². The van der Waals surface area contributed by atoms with Crippen LogP contribution in [0, 0.1) is 13.8 Å². The first-order valence-electron chi connectivity index (χ1n) is 12.7. The SMILES string of the molecule is Cc1nc(C)n(CCC(=O)N2CCO[C@](COc3ccc(Cl)cc3)(CC(=O)N(C)Cc3ccccc3)C2)n1. The molecule has 3 aromatic rings. The zero-order chi connectivity index (χ0) is 27.1. The Bertz CT molecular complexity index is 1230. The van der Waals surface area contributed by atoms with Crippen LogP contribution >= 0.6 is 11.6 Å². The molecule has 2 aromatic carbocycles. The lowest BCUT2D eigenvalue weighted by atomic mass is 9.96. The van der Waals surface area contributed by atoms with Crippen LogP contribution < -0.4 is 4.74 Å². The summed E-state index contributed by atoms with van der Waals surface area (Å²) in [4.78, 5) is 34.3. The third-order valence-electron chi connectivity index (χ3n) is 6.58. The lowest BCUT2D eigenvalue weighted by Crippen LogP contribution is -2.58. The maximum atomic E-state index is 13.4. The van der Waals surface area contributed by atoms with Crippen LogP contribution in [0.3, 0.4) is 0 Å². The molecule has 1 aliphatic rings. The summed E-state index contributed by atoms with van der Waals surface area (Å²) in [5.74, 6) is 1.95. The van der Waals surface area contributed by atoms with E-state index in [2.05, 4.69) is 10.1 Å². The molecule has 1 fully saturated rings. The van der Waals surface area contributed by atoms with E-state index in [1.807, 2.05) is 44.2 Å². The molecule has 0 unspecified atom stereocenters. The maximum Gasteiger partial charge on any atom is 0.225 e. The van der Waals surface area contributed by atoms with Gasteiger partial charge in [-0.25, -0.2) is 9.67 Å². The Morgan fingerprint density at radius 1 is 1.13 bits per heavy atom. The monoisotopic (exact) mass is 539 g/mol. The van der Waals surface area contributed by atoms with Gasteiger partial charge in [0.1, 0.15) is 29.6 Å². The minimum atomic E-state index is -0.991. The first kappa shape index (κ1) is 27.6. The second-order valence-electron chi connectivity index (χ2n) is 9.68. The molecule has 4 rings (SSSR count). The third-order valence-corrected chi connectivity index (χ3v) is 6.83. The van der Waals surface area contributed by atoms with Gasteiger partial charge in [-0.1, -0.05) is 41.9 Å². The van der Waals surface area contributed by atoms with Crippen LogP contribution in [0.15, 0.2) is 54.6 Å². The summed E-state index contributed by atoms with van der Waals surface area (Å²) in [7, 11) is 1.78. The highest BCUT2D eigenvalue weighted by Gasteiger charge is 2.42. The smallest absolute Gasteiger partial charge is 0.225 e. The number of amides is 2. The van der Waals surface area contributed by atoms with Gasteiger partial charge in [0.2, 0.25) is 11.8 Å². The molecule has 0 radical (unpaired) electrons. The molecule has 1 aliphatic heterocycles. The molecular weight excluding hydrogens is 506 g/mol. The molecule has 9 nitrogen and oxygen atoms in total. The van der Waals surface area contributed by atoms with Crippen molar-refractivity contribution in [3.8, 4) is 5.75 Å². The number of hydrogen-bond acceptors (Lipinski definition) is 6. The van der Waals surface area contributed by atoms with Gasteiger partial charge in [-0.15, -0.1) is 0 Å². The fourth-order valence-electron chi connectivity index (χ4n) is 4.54. The average Bonchev–Trinajstić information content (AvgIpc) is 3.24. The van der Waals surface area contributed by atoms with Crippen molar-refractivity contribution in [2.75, 3.05) is 33.4 Å². The standard InChI is InChI=1S/C28H34ClN5O4/c1-21-30-22(2)34(31-21)14-13-26(35)33-15-16-38-28(19-33,20-37-25-11-9-24(29)10-12-25)17-27(36)32(3)18-23-7-5-4-6-8-23/h4-12H,13-20H2,1-3H3/t28-/m1/s1. The minimum Gasteiger partial charge on any atom is -0.490 e. The van der Waals surface area contributed by atoms with Crippen LogP contribution in [0.4, 0.5) is 0 Å². The van der Waals surface area contributed by atoms with Crippen molar-refractivity contribution in [3.05, 3.63) is 76.8 Å². The van der Waals surface area contributed by atoms with Gasteiger partial charge in [-0.2, -0.15) is 5.10 Å². The van der Waals surface area contributed by atoms with Gasteiger partial charge in [0, 0.05) is 31.6 Å². The Labute approximate surface area is 228 Å². The lowest BCUT2D eigenvalue weighted by Gasteiger charge is -2.42. The molecular formula is C28H34ClN5O4. The number of halogens is 1. The molecule has 0 bridgehead atoms. The third kappa shape index (κ3) is 7.33. The molecule has 1 saturated heterocycles. The summed E-state index contributed by atoms with van der Waals surface area (Å²) in [5, 5.41) is 4.95. The van der Waals surface area contributed by atoms with E-state index < -0.39 is 5.60 Å². The van der Waals surface area contributed by atoms with E-state index in [-0.39, 0.29) is 37.8 Å². The number of carbonyl (C=O) groups is 2. The fourth-order valence-corrected chi connectivity index (χ4v) is 4.66. The van der Waals surface area contributed by atoms with Crippen molar-refractivity contribution in [1.82, 2.24) is 24.6 Å². The van der Waals surface area contributed by atoms with Crippen LogP contribution in [-0.4, -0.2) is 75.3 Å². The summed E-state index contributed by atoms with van der Waals surface area (Å²) in [6, 6.07) is 16.8. The van der Waals surface area contributed by atoms with Crippen LogP contribution in [0.5, 0.6) is 5.75 Å². The zero-order valence-electron chi connectivity index (χ0n) is 22.1. The highest BCUT2D eigenvalue weighted by molar-refractivity contribution is 6.30. The van der Waals surface area contributed by atoms with Crippen LogP contribution in [0.2, 0.25) is 5.02 Å². The fraction of sp³-hybridized carbons (Fsp3) is 0.429. The van der Waals surface area contributed by atoms with Crippen LogP contribution in [0.1, 0.15) is 30.1 Å². The van der Waals surface area contributed by atoms with Gasteiger partial charge >= 0.3 is 0 Å². The summed E-state index contributed by atoms with van der Waals surface area (Å²) in [6.07, 6.45) is 0.356. The van der Waals surface area contributed by atoms with E-state index >= 15 is 0 Å². The number of morpholine rings is 1. The maximum absolute atomic E-state index is 13.4. The molecule has 1 aromatic heterocycles. The van der Waals surface area contributed by atoms with Crippen molar-refractivity contribution in [2.45, 2.75) is 45.4 Å². The van der Waals surface area contributed by atoms with Crippen molar-refractivity contribution in [3.63, 3.8) is 0 Å². The van der Waals surface area contributed by atoms with Gasteiger partial charge < -0.3 is 19.3 Å². The summed E-state index contributed by atoms with van der Waals surface area (Å²) in [5.41, 5.74) is 0.0461. The van der Waals surface area contributed by atoms with E-state index in [9.17, 15) is 9.59 Å². The summed E-state index contributed by atoms with van der Waals surface area (Å²) in [6.45, 7) is 5.75. The van der Waals surface area contributed by atoms with E-state index in [1.54, 1.807) is 45.8 Å². The second kappa shape index (κ2) is 12.4. The highest BCUT2D eigenvalue weighted by Crippen LogP contribution is 2.27. The van der Waals surface area contributed by atoms with Gasteiger partial charge in [-0.05, 0) is 43.7 Å². The number of nitrogens with zero attached hydrogens (tertiary/aromatic N) is 5. The summed E-state index contributed by atoms with van der Waals surface area (Å²) >= 11 is 6.01. The topological polar surface area (TPSA) is 89.8 Å². The molecule has 0 aliphatic carbocycles. The second-order valence-corrected chi connectivity index (χ2v) is 10.1. The van der Waals surface area contributed by atoms with Gasteiger partial charge in [0.25, 0.3) is 0 Å². The van der Waals surface area contributed by atoms with E-state index in [1.165, 1.54) is 0 Å². The van der Waals surface area contributed by atoms with Crippen LogP contribution in [-0.2, 0) is 27.4 Å². The van der Waals surface area contributed by atoms with E-state index in [4.69, 9.17) is 21.1 Å². The number of benzene rings is 2. The van der Waals surface area contributed by atoms with Crippen molar-refractivity contribution in [1.29, 1.82) is 0 Å². The predicted molar refractivity (Wildman–Crippen MR) is 144 cm³/mol. The first-order chi connectivity index (χ1) is 18.2. The van der Waals surface area contributed by atoms with Crippen LogP contribution in [0.25, 0.3) is 0 Å². The van der Waals surface area contributed by atoms with Gasteiger partial charge in [0.15, 0.2) is 0 Å². The number of carbonyl (C=O) groups excluding carboxylic acids is 2. The Kier molecular flexibility index (Phi) is 9.01.